The highest BCUT2D eigenvalue weighted by Crippen LogP contribution is 2.40. The van der Waals surface area contributed by atoms with Crippen molar-refractivity contribution < 1.29 is 13.5 Å². The second-order valence-corrected chi connectivity index (χ2v) is 8.80. The van der Waals surface area contributed by atoms with E-state index in [-0.39, 0.29) is 6.61 Å². The minimum absolute atomic E-state index is 0.0634. The van der Waals surface area contributed by atoms with Gasteiger partial charge in [0.15, 0.2) is 0 Å². The molecule has 0 aromatic carbocycles. The number of nitrogens with zero attached hydrogens (tertiary/aromatic N) is 1. The summed E-state index contributed by atoms with van der Waals surface area (Å²) in [6.45, 7) is 1.45. The Balaban J connectivity index is 1.78. The van der Waals surface area contributed by atoms with E-state index < -0.39 is 10.0 Å². The van der Waals surface area contributed by atoms with Gasteiger partial charge in [-0.05, 0) is 36.8 Å². The zero-order valence-corrected chi connectivity index (χ0v) is 12.4. The van der Waals surface area contributed by atoms with Gasteiger partial charge >= 0.3 is 0 Å². The van der Waals surface area contributed by atoms with Crippen LogP contribution < -0.4 is 0 Å². The van der Waals surface area contributed by atoms with Gasteiger partial charge in [-0.2, -0.15) is 4.31 Å². The zero-order valence-electron chi connectivity index (χ0n) is 10.8. The molecule has 4 nitrogen and oxygen atoms in total. The lowest BCUT2D eigenvalue weighted by Gasteiger charge is -2.15. The van der Waals surface area contributed by atoms with Crippen molar-refractivity contribution in [2.24, 2.45) is 11.8 Å². The maximum absolute atomic E-state index is 12.6. The van der Waals surface area contributed by atoms with Gasteiger partial charge in [-0.25, -0.2) is 8.42 Å². The number of aliphatic hydroxyl groups excluding tert-OH is 1. The number of rotatable bonds is 4. The summed E-state index contributed by atoms with van der Waals surface area (Å²) in [5.41, 5.74) is 0. The minimum Gasteiger partial charge on any atom is -0.396 e. The first-order valence-electron chi connectivity index (χ1n) is 6.81. The van der Waals surface area contributed by atoms with Gasteiger partial charge in [0.2, 0.25) is 0 Å². The molecular formula is C13H19NO3S2. The second-order valence-electron chi connectivity index (χ2n) is 5.47. The smallest absolute Gasteiger partial charge is 0.252 e. The van der Waals surface area contributed by atoms with E-state index in [2.05, 4.69) is 0 Å². The topological polar surface area (TPSA) is 57.6 Å². The van der Waals surface area contributed by atoms with Crippen LogP contribution in [0.1, 0.15) is 24.1 Å². The van der Waals surface area contributed by atoms with E-state index in [0.29, 0.717) is 35.6 Å². The van der Waals surface area contributed by atoms with Crippen molar-refractivity contribution in [1.82, 2.24) is 4.31 Å². The third-order valence-electron chi connectivity index (χ3n) is 4.28. The second kappa shape index (κ2) is 5.16. The summed E-state index contributed by atoms with van der Waals surface area (Å²) in [5, 5.41) is 8.90. The molecule has 3 rings (SSSR count). The highest BCUT2D eigenvalue weighted by Gasteiger charge is 2.41. The lowest BCUT2D eigenvalue weighted by molar-refractivity contribution is 0.300. The van der Waals surface area contributed by atoms with Gasteiger partial charge in [0.1, 0.15) is 4.21 Å². The van der Waals surface area contributed by atoms with Crippen LogP contribution in [-0.4, -0.2) is 37.5 Å². The van der Waals surface area contributed by atoms with Crippen molar-refractivity contribution >= 4 is 21.4 Å². The van der Waals surface area contributed by atoms with Crippen LogP contribution in [0.15, 0.2) is 16.3 Å². The molecule has 0 radical (unpaired) electrons. The molecule has 1 N–H and O–H groups in total. The molecule has 0 spiro atoms. The molecule has 1 saturated heterocycles. The molecule has 2 unspecified atom stereocenters. The van der Waals surface area contributed by atoms with Crippen LogP contribution in [0.4, 0.5) is 0 Å². The van der Waals surface area contributed by atoms with Crippen molar-refractivity contribution in [3.8, 4) is 0 Å². The molecule has 106 valence electrons. The summed E-state index contributed by atoms with van der Waals surface area (Å²) in [4.78, 5) is 0.931. The van der Waals surface area contributed by atoms with Gasteiger partial charge in [-0.3, -0.25) is 0 Å². The van der Waals surface area contributed by atoms with Crippen molar-refractivity contribution in [2.45, 2.75) is 29.9 Å². The zero-order chi connectivity index (χ0) is 13.5. The van der Waals surface area contributed by atoms with Gasteiger partial charge in [-0.15, -0.1) is 11.3 Å². The first-order valence-corrected chi connectivity index (χ1v) is 9.06. The van der Waals surface area contributed by atoms with E-state index >= 15 is 0 Å². The molecule has 2 fully saturated rings. The van der Waals surface area contributed by atoms with Crippen LogP contribution in [0.2, 0.25) is 0 Å². The molecule has 0 amide bonds. The maximum atomic E-state index is 12.6. The van der Waals surface area contributed by atoms with E-state index in [0.717, 1.165) is 4.88 Å². The Morgan fingerprint density at radius 2 is 1.95 bits per heavy atom. The first kappa shape index (κ1) is 13.5. The predicted molar refractivity (Wildman–Crippen MR) is 74.7 cm³/mol. The lowest BCUT2D eigenvalue weighted by atomic mass is 10.0. The molecule has 1 aromatic rings. The van der Waals surface area contributed by atoms with Crippen molar-refractivity contribution in [3.05, 3.63) is 17.0 Å². The number of thiophene rings is 1. The SMILES string of the molecule is O=S(=O)(c1ccc(CCO)s1)N1CC2CCCC2C1. The van der Waals surface area contributed by atoms with Crippen LogP contribution in [-0.2, 0) is 16.4 Å². The normalized spacial score (nSPS) is 27.8. The van der Waals surface area contributed by atoms with E-state index in [1.54, 1.807) is 10.4 Å². The molecule has 19 heavy (non-hydrogen) atoms. The van der Waals surface area contributed by atoms with E-state index in [1.165, 1.54) is 30.6 Å². The quantitative estimate of drug-likeness (QED) is 0.921. The van der Waals surface area contributed by atoms with Crippen molar-refractivity contribution in [1.29, 1.82) is 0 Å². The number of hydrogen-bond donors (Lipinski definition) is 1. The van der Waals surface area contributed by atoms with Crippen LogP contribution >= 0.6 is 11.3 Å². The number of fused-ring (bicyclic) bond motifs is 1. The molecule has 2 heterocycles. The van der Waals surface area contributed by atoms with Gasteiger partial charge in [-0.1, -0.05) is 6.42 Å². The predicted octanol–water partition coefficient (Wildman–Crippen LogP) is 1.70. The van der Waals surface area contributed by atoms with Gasteiger partial charge in [0, 0.05) is 31.0 Å². The maximum Gasteiger partial charge on any atom is 0.252 e. The molecule has 2 atom stereocenters. The number of sulfonamides is 1. The monoisotopic (exact) mass is 301 g/mol. The molecular weight excluding hydrogens is 282 g/mol. The van der Waals surface area contributed by atoms with Crippen molar-refractivity contribution in [2.75, 3.05) is 19.7 Å². The van der Waals surface area contributed by atoms with Gasteiger partial charge in [0.25, 0.3) is 10.0 Å². The third-order valence-corrected chi connectivity index (χ3v) is 7.73. The van der Waals surface area contributed by atoms with Crippen molar-refractivity contribution in [3.63, 3.8) is 0 Å². The van der Waals surface area contributed by atoms with E-state index in [1.807, 2.05) is 6.07 Å². The number of aliphatic hydroxyl groups is 1. The summed E-state index contributed by atoms with van der Waals surface area (Å²) in [5.74, 6) is 1.15. The molecule has 0 bridgehead atoms. The Labute approximate surface area is 118 Å². The van der Waals surface area contributed by atoms with Gasteiger partial charge in [0.05, 0.1) is 0 Å². The highest BCUT2D eigenvalue weighted by atomic mass is 32.2. The molecule has 6 heteroatoms. The summed E-state index contributed by atoms with van der Waals surface area (Å²) in [6, 6.07) is 3.49. The fourth-order valence-corrected chi connectivity index (χ4v) is 6.31. The molecule has 1 saturated carbocycles. The van der Waals surface area contributed by atoms with E-state index in [4.69, 9.17) is 5.11 Å². The number of hydrogen-bond acceptors (Lipinski definition) is 4. The third kappa shape index (κ3) is 2.46. The van der Waals surface area contributed by atoms with Crippen LogP contribution in [0.5, 0.6) is 0 Å². The average Bonchev–Trinajstić information content (AvgIpc) is 3.03. The standard InChI is InChI=1S/C13H19NO3S2/c15-7-6-12-4-5-13(18-12)19(16,17)14-8-10-2-1-3-11(10)9-14/h4-5,10-11,15H,1-3,6-9H2. The summed E-state index contributed by atoms with van der Waals surface area (Å²) >= 11 is 1.29. The fourth-order valence-electron chi connectivity index (χ4n) is 3.26. The molecule has 1 aliphatic carbocycles. The van der Waals surface area contributed by atoms with Crippen LogP contribution in [0, 0.1) is 11.8 Å². The largest absolute Gasteiger partial charge is 0.396 e. The Kier molecular flexibility index (Phi) is 3.68. The Morgan fingerprint density at radius 1 is 1.26 bits per heavy atom. The Morgan fingerprint density at radius 3 is 2.58 bits per heavy atom. The van der Waals surface area contributed by atoms with Crippen LogP contribution in [0.25, 0.3) is 0 Å². The average molecular weight is 301 g/mol. The highest BCUT2D eigenvalue weighted by molar-refractivity contribution is 7.91. The summed E-state index contributed by atoms with van der Waals surface area (Å²) in [6.07, 6.45) is 4.14. The minimum atomic E-state index is -3.31. The molecule has 1 aromatic heterocycles. The Hall–Kier alpha value is -0.430. The lowest BCUT2D eigenvalue weighted by Crippen LogP contribution is -2.29. The van der Waals surface area contributed by atoms with Crippen LogP contribution in [0.3, 0.4) is 0 Å². The van der Waals surface area contributed by atoms with E-state index in [9.17, 15) is 8.42 Å². The van der Waals surface area contributed by atoms with Gasteiger partial charge < -0.3 is 5.11 Å². The summed E-state index contributed by atoms with van der Waals surface area (Å²) < 4.78 is 27.2. The summed E-state index contributed by atoms with van der Waals surface area (Å²) in [7, 11) is -3.31. The molecule has 2 aliphatic rings. The molecule has 1 aliphatic heterocycles. The fraction of sp³-hybridized carbons (Fsp3) is 0.692. The Bertz CT molecular complexity index is 540. The first-order chi connectivity index (χ1) is 9.11.